The Balaban J connectivity index is 2.02. The summed E-state index contributed by atoms with van der Waals surface area (Å²) < 4.78 is 34.8. The highest BCUT2D eigenvalue weighted by molar-refractivity contribution is 7.89. The zero-order valence-electron chi connectivity index (χ0n) is 20.2. The van der Waals surface area contributed by atoms with Gasteiger partial charge in [-0.3, -0.25) is 0 Å². The van der Waals surface area contributed by atoms with Crippen molar-refractivity contribution in [1.29, 1.82) is 0 Å². The average molecular weight is 480 g/mol. The molecule has 1 aromatic rings. The minimum Gasteiger partial charge on any atom is -0.487 e. The minimum atomic E-state index is -3.88. The van der Waals surface area contributed by atoms with Gasteiger partial charge in [0, 0.05) is 31.6 Å². The Labute approximate surface area is 197 Å². The first kappa shape index (κ1) is 25.5. The molecule has 184 valence electrons. The molecule has 0 saturated carbocycles. The van der Waals surface area contributed by atoms with Crippen molar-refractivity contribution in [3.05, 3.63) is 29.8 Å². The van der Waals surface area contributed by atoms with E-state index in [1.54, 1.807) is 24.9 Å². The molecule has 1 heterocycles. The average Bonchev–Trinajstić information content (AvgIpc) is 3.29. The largest absolute Gasteiger partial charge is 0.487 e. The predicted molar refractivity (Wildman–Crippen MR) is 129 cm³/mol. The minimum absolute atomic E-state index is 0.00429. The number of sulfonamides is 1. The number of aliphatic hydroxyl groups is 1. The summed E-state index contributed by atoms with van der Waals surface area (Å²) in [5, 5.41) is 12.6. The molecule has 33 heavy (non-hydrogen) atoms. The number of rotatable bonds is 6. The number of aliphatic hydroxyl groups excluding tert-OH is 1. The third-order valence-electron chi connectivity index (χ3n) is 6.29. The van der Waals surface area contributed by atoms with Crippen LogP contribution in [-0.4, -0.2) is 73.7 Å². The zero-order valence-corrected chi connectivity index (χ0v) is 21.1. The van der Waals surface area contributed by atoms with Crippen LogP contribution in [0.3, 0.4) is 0 Å². The normalized spacial score (nSPS) is 23.7. The highest BCUT2D eigenvalue weighted by Gasteiger charge is 2.38. The van der Waals surface area contributed by atoms with Crippen molar-refractivity contribution < 1.29 is 23.1 Å². The molecular weight excluding hydrogens is 442 g/mol. The first-order valence-electron chi connectivity index (χ1n) is 11.7. The van der Waals surface area contributed by atoms with E-state index in [-0.39, 0.29) is 36.0 Å². The van der Waals surface area contributed by atoms with Gasteiger partial charge in [-0.05, 0) is 63.3 Å². The fraction of sp³-hybridized carbons (Fsp3) is 0.625. The summed E-state index contributed by atoms with van der Waals surface area (Å²) in [6, 6.07) is 4.47. The molecule has 9 heteroatoms. The number of allylic oxidation sites excluding steroid dienone is 2. The highest BCUT2D eigenvalue weighted by atomic mass is 32.2. The number of ether oxygens (including phenoxy) is 1. The first-order valence-corrected chi connectivity index (χ1v) is 13.1. The molecule has 1 aromatic carbocycles. The van der Waals surface area contributed by atoms with Crippen LogP contribution in [0.1, 0.15) is 52.5 Å². The van der Waals surface area contributed by atoms with Crippen LogP contribution in [0.15, 0.2) is 29.2 Å². The molecule has 0 unspecified atom stereocenters. The van der Waals surface area contributed by atoms with Crippen LogP contribution < -0.4 is 10.1 Å². The topological polar surface area (TPSA) is 99.2 Å². The van der Waals surface area contributed by atoms with Gasteiger partial charge in [0.1, 0.15) is 16.7 Å². The van der Waals surface area contributed by atoms with Crippen molar-refractivity contribution in [2.24, 2.45) is 5.92 Å². The lowest BCUT2D eigenvalue weighted by Crippen LogP contribution is -2.51. The molecule has 1 aliphatic carbocycles. The van der Waals surface area contributed by atoms with Crippen LogP contribution in [0.2, 0.25) is 0 Å². The summed E-state index contributed by atoms with van der Waals surface area (Å²) in [5.41, 5.74) is 2.15. The molecule has 1 aliphatic heterocycles. The van der Waals surface area contributed by atoms with E-state index < -0.39 is 22.2 Å². The zero-order chi connectivity index (χ0) is 24.3. The second kappa shape index (κ2) is 10.4. The first-order chi connectivity index (χ1) is 15.5. The SMILES string of the molecule is CC(C)NC(=O)N(C)C[C@H]1Oc2cc(C3=CCCC3)ccc2S(=O)(=O)N([C@H](C)CO)C[C@@H]1C. The van der Waals surface area contributed by atoms with E-state index in [9.17, 15) is 18.3 Å². The van der Waals surface area contributed by atoms with E-state index >= 15 is 0 Å². The van der Waals surface area contributed by atoms with Gasteiger partial charge < -0.3 is 20.1 Å². The van der Waals surface area contributed by atoms with Crippen molar-refractivity contribution in [3.8, 4) is 5.75 Å². The van der Waals surface area contributed by atoms with Gasteiger partial charge in [-0.2, -0.15) is 4.31 Å². The van der Waals surface area contributed by atoms with E-state index in [0.29, 0.717) is 12.3 Å². The van der Waals surface area contributed by atoms with E-state index in [1.807, 2.05) is 32.9 Å². The number of hydrogen-bond donors (Lipinski definition) is 2. The molecule has 0 aromatic heterocycles. The summed E-state index contributed by atoms with van der Waals surface area (Å²) in [6.45, 7) is 7.61. The van der Waals surface area contributed by atoms with Gasteiger partial charge in [0.25, 0.3) is 0 Å². The Kier molecular flexibility index (Phi) is 8.08. The maximum atomic E-state index is 13.6. The van der Waals surface area contributed by atoms with Crippen LogP contribution in [0, 0.1) is 5.92 Å². The summed E-state index contributed by atoms with van der Waals surface area (Å²) in [4.78, 5) is 14.2. The molecule has 2 amide bonds. The van der Waals surface area contributed by atoms with Gasteiger partial charge in [0.2, 0.25) is 10.0 Å². The molecule has 8 nitrogen and oxygen atoms in total. The van der Waals surface area contributed by atoms with Crippen molar-refractivity contribution in [3.63, 3.8) is 0 Å². The fourth-order valence-electron chi connectivity index (χ4n) is 4.29. The van der Waals surface area contributed by atoms with E-state index in [2.05, 4.69) is 11.4 Å². The third kappa shape index (κ3) is 5.70. The molecular formula is C24H37N3O5S. The number of fused-ring (bicyclic) bond motifs is 1. The number of nitrogens with one attached hydrogen (secondary N) is 1. The smallest absolute Gasteiger partial charge is 0.317 e. The number of nitrogens with zero attached hydrogens (tertiary/aromatic N) is 2. The summed E-state index contributed by atoms with van der Waals surface area (Å²) in [6.07, 6.45) is 4.81. The Bertz CT molecular complexity index is 992. The summed E-state index contributed by atoms with van der Waals surface area (Å²) >= 11 is 0. The Morgan fingerprint density at radius 2 is 2.06 bits per heavy atom. The molecule has 0 fully saturated rings. The fourth-order valence-corrected chi connectivity index (χ4v) is 6.11. The van der Waals surface area contributed by atoms with Gasteiger partial charge in [0.15, 0.2) is 0 Å². The molecule has 0 bridgehead atoms. The van der Waals surface area contributed by atoms with E-state index in [1.165, 1.54) is 9.88 Å². The van der Waals surface area contributed by atoms with Crippen LogP contribution in [0.4, 0.5) is 4.79 Å². The van der Waals surface area contributed by atoms with Gasteiger partial charge in [0.05, 0.1) is 13.2 Å². The maximum Gasteiger partial charge on any atom is 0.317 e. The Morgan fingerprint density at radius 1 is 1.33 bits per heavy atom. The molecule has 2 N–H and O–H groups in total. The van der Waals surface area contributed by atoms with Gasteiger partial charge in [-0.1, -0.05) is 19.1 Å². The lowest BCUT2D eigenvalue weighted by Gasteiger charge is -2.37. The number of amides is 2. The van der Waals surface area contributed by atoms with Gasteiger partial charge in [-0.25, -0.2) is 13.2 Å². The van der Waals surface area contributed by atoms with Crippen LogP contribution in [0.5, 0.6) is 5.75 Å². The Hall–Kier alpha value is -2.10. The van der Waals surface area contributed by atoms with Crippen LogP contribution in [-0.2, 0) is 10.0 Å². The predicted octanol–water partition coefficient (Wildman–Crippen LogP) is 3.07. The van der Waals surface area contributed by atoms with E-state index in [0.717, 1.165) is 24.8 Å². The molecule has 0 saturated heterocycles. The number of carbonyl (C=O) groups excluding carboxylic acids is 1. The lowest BCUT2D eigenvalue weighted by molar-refractivity contribution is 0.0809. The van der Waals surface area contributed by atoms with Crippen molar-refractivity contribution in [2.45, 2.75) is 70.0 Å². The number of hydrogen-bond acceptors (Lipinski definition) is 5. The highest BCUT2D eigenvalue weighted by Crippen LogP contribution is 2.37. The van der Waals surface area contributed by atoms with E-state index in [4.69, 9.17) is 4.74 Å². The molecule has 3 rings (SSSR count). The van der Waals surface area contributed by atoms with Crippen LogP contribution >= 0.6 is 0 Å². The molecule has 2 aliphatic rings. The lowest BCUT2D eigenvalue weighted by atomic mass is 10.0. The molecule has 3 atom stereocenters. The summed E-state index contributed by atoms with van der Waals surface area (Å²) in [5.74, 6) is 0.0789. The number of likely N-dealkylation sites (N-methyl/N-ethyl adjacent to an activating group) is 1. The standard InChI is InChI=1S/C24H37N3O5S/c1-16(2)25-24(29)26(5)14-22-17(3)13-27(18(4)15-28)33(30,31)23-11-10-20(12-21(23)32-22)19-8-6-7-9-19/h8,10-12,16-18,22,28H,6-7,9,13-15H2,1-5H3,(H,25,29)/t17-,18+,22+/m0/s1. The second-order valence-corrected chi connectivity index (χ2v) is 11.4. The maximum absolute atomic E-state index is 13.6. The van der Waals surface area contributed by atoms with Crippen molar-refractivity contribution in [2.75, 3.05) is 26.7 Å². The summed E-state index contributed by atoms with van der Waals surface area (Å²) in [7, 11) is -2.17. The van der Waals surface area contributed by atoms with Gasteiger partial charge in [-0.15, -0.1) is 0 Å². The number of urea groups is 1. The monoisotopic (exact) mass is 479 g/mol. The number of benzene rings is 1. The van der Waals surface area contributed by atoms with Gasteiger partial charge >= 0.3 is 6.03 Å². The molecule has 0 spiro atoms. The van der Waals surface area contributed by atoms with Crippen LogP contribution in [0.25, 0.3) is 5.57 Å². The third-order valence-corrected chi connectivity index (χ3v) is 8.31. The molecule has 0 radical (unpaired) electrons. The van der Waals surface area contributed by atoms with Crippen molar-refractivity contribution >= 4 is 21.6 Å². The Morgan fingerprint density at radius 3 is 2.67 bits per heavy atom. The second-order valence-electron chi connectivity index (χ2n) is 9.51. The van der Waals surface area contributed by atoms with Crippen molar-refractivity contribution in [1.82, 2.24) is 14.5 Å². The quantitative estimate of drug-likeness (QED) is 0.653. The number of carbonyl (C=O) groups is 1.